The van der Waals surface area contributed by atoms with Crippen molar-refractivity contribution in [3.05, 3.63) is 70.5 Å². The summed E-state index contributed by atoms with van der Waals surface area (Å²) in [6.07, 6.45) is 0. The number of ether oxygens (including phenoxy) is 2. The fourth-order valence-electron chi connectivity index (χ4n) is 3.12. The quantitative estimate of drug-likeness (QED) is 0.469. The molecule has 2 N–H and O–H groups in total. The predicted molar refractivity (Wildman–Crippen MR) is 141 cm³/mol. The molecule has 2 aromatic carbocycles. The highest BCUT2D eigenvalue weighted by Crippen LogP contribution is 2.21. The van der Waals surface area contributed by atoms with E-state index in [4.69, 9.17) is 21.7 Å². The second kappa shape index (κ2) is 12.5. The van der Waals surface area contributed by atoms with E-state index in [1.165, 1.54) is 12.8 Å². The monoisotopic (exact) mass is 529 g/mol. The minimum atomic E-state index is 0.187. The Morgan fingerprint density at radius 1 is 1.03 bits per heavy atom. The molecule has 1 aliphatic rings. The van der Waals surface area contributed by atoms with Crippen molar-refractivity contribution in [2.24, 2.45) is 0 Å². The Bertz CT molecular complexity index is 1060. The first kappa shape index (κ1) is 24.9. The zero-order valence-electron chi connectivity index (χ0n) is 19.0. The van der Waals surface area contributed by atoms with Crippen molar-refractivity contribution in [2.75, 3.05) is 43.5 Å². The molecule has 1 fully saturated rings. The average Bonchev–Trinajstić information content (AvgIpc) is 2.83. The Morgan fingerprint density at radius 3 is 2.39 bits per heavy atom. The smallest absolute Gasteiger partial charge is 0.268 e. The van der Waals surface area contributed by atoms with Gasteiger partial charge in [-0.05, 0) is 56.4 Å². The van der Waals surface area contributed by atoms with Crippen LogP contribution in [0.5, 0.6) is 11.6 Å². The lowest BCUT2D eigenvalue weighted by molar-refractivity contribution is 0.396. The number of nitrogens with one attached hydrogen (secondary N) is 2. The van der Waals surface area contributed by atoms with Crippen molar-refractivity contribution >= 4 is 44.8 Å². The van der Waals surface area contributed by atoms with Crippen molar-refractivity contribution in [3.63, 3.8) is 0 Å². The average molecular weight is 530 g/mol. The molecule has 174 valence electrons. The van der Waals surface area contributed by atoms with Crippen LogP contribution in [0.4, 0.5) is 11.5 Å². The van der Waals surface area contributed by atoms with E-state index in [1.54, 1.807) is 0 Å². The largest absolute Gasteiger partial charge is 0.478 e. The second-order valence-electron chi connectivity index (χ2n) is 7.30. The normalized spacial score (nSPS) is 12.9. The van der Waals surface area contributed by atoms with Crippen LogP contribution in [0.15, 0.2) is 59.1 Å². The first-order valence-corrected chi connectivity index (χ1v) is 11.8. The molecule has 1 aliphatic heterocycles. The Kier molecular flexibility index (Phi) is 9.41. The van der Waals surface area contributed by atoms with E-state index < -0.39 is 0 Å². The van der Waals surface area contributed by atoms with Gasteiger partial charge in [-0.1, -0.05) is 40.2 Å². The summed E-state index contributed by atoms with van der Waals surface area (Å²) in [7, 11) is 1.53. The van der Waals surface area contributed by atoms with Gasteiger partial charge in [-0.25, -0.2) is 9.97 Å². The number of methoxy groups -OCH3 is 1. The van der Waals surface area contributed by atoms with Crippen LogP contribution in [0.2, 0.25) is 0 Å². The lowest BCUT2D eigenvalue weighted by Gasteiger charge is -2.29. The molecule has 1 aromatic heterocycles. The lowest BCUT2D eigenvalue weighted by atomic mass is 10.2. The summed E-state index contributed by atoms with van der Waals surface area (Å²) in [5, 5.41) is 6.42. The number of halogens is 1. The van der Waals surface area contributed by atoms with Crippen LogP contribution in [-0.2, 0) is 0 Å². The van der Waals surface area contributed by atoms with Crippen LogP contribution in [0.25, 0.3) is 0 Å². The third-order valence-corrected chi connectivity index (χ3v) is 5.61. The van der Waals surface area contributed by atoms with E-state index in [-0.39, 0.29) is 5.17 Å². The maximum absolute atomic E-state index is 5.48. The number of benzene rings is 2. The molecule has 7 nitrogen and oxygen atoms in total. The van der Waals surface area contributed by atoms with Gasteiger partial charge in [0.25, 0.3) is 11.1 Å². The molecule has 0 atom stereocenters. The second-order valence-corrected chi connectivity index (χ2v) is 8.58. The molecule has 0 amide bonds. The highest BCUT2D eigenvalue weighted by Gasteiger charge is 2.12. The number of rotatable bonds is 4. The third kappa shape index (κ3) is 7.66. The molecule has 0 radical (unpaired) electrons. The minimum absolute atomic E-state index is 0.187. The van der Waals surface area contributed by atoms with E-state index in [1.807, 2.05) is 44.2 Å². The SMILES string of the molecule is Brc1cccc(N2CCNCC2)c1.COc1nc(C)c(C)nc1NC(=S)Oc1ccccc1. The molecule has 0 spiro atoms. The summed E-state index contributed by atoms with van der Waals surface area (Å²) in [5.41, 5.74) is 2.92. The predicted octanol–water partition coefficient (Wildman–Crippen LogP) is 4.74. The standard InChI is InChI=1S/C14H15N3O2S.C10H13BrN2/c1-9-10(2)16-13(18-3)12(15-9)17-14(20)19-11-7-5-4-6-8-11;11-9-2-1-3-10(8-9)13-6-4-12-5-7-13/h4-8H,1-3H3,(H,15,17,20);1-3,8,12H,4-7H2. The van der Waals surface area contributed by atoms with E-state index in [0.717, 1.165) is 42.0 Å². The van der Waals surface area contributed by atoms with Crippen molar-refractivity contribution in [1.82, 2.24) is 15.3 Å². The molecule has 0 unspecified atom stereocenters. The molecular formula is C24H28BrN5O2S. The molecule has 4 rings (SSSR count). The molecule has 33 heavy (non-hydrogen) atoms. The van der Waals surface area contributed by atoms with Gasteiger partial charge in [0.1, 0.15) is 5.75 Å². The fourth-order valence-corrected chi connectivity index (χ4v) is 3.70. The summed E-state index contributed by atoms with van der Waals surface area (Å²) in [5.74, 6) is 1.48. The van der Waals surface area contributed by atoms with Crippen LogP contribution in [0.3, 0.4) is 0 Å². The molecule has 0 saturated carbocycles. The zero-order valence-corrected chi connectivity index (χ0v) is 21.4. The maximum Gasteiger partial charge on any atom is 0.268 e. The minimum Gasteiger partial charge on any atom is -0.478 e. The lowest BCUT2D eigenvalue weighted by Crippen LogP contribution is -2.43. The molecule has 2 heterocycles. The van der Waals surface area contributed by atoms with Crippen LogP contribution in [0, 0.1) is 13.8 Å². The van der Waals surface area contributed by atoms with Gasteiger partial charge < -0.3 is 19.7 Å². The number of aryl methyl sites for hydroxylation is 2. The zero-order chi connectivity index (χ0) is 23.6. The molecule has 0 aliphatic carbocycles. The Morgan fingerprint density at radius 2 is 1.73 bits per heavy atom. The number of aromatic nitrogens is 2. The molecule has 3 aromatic rings. The highest BCUT2D eigenvalue weighted by atomic mass is 79.9. The summed E-state index contributed by atoms with van der Waals surface area (Å²) >= 11 is 8.63. The van der Waals surface area contributed by atoms with Gasteiger partial charge in [0.15, 0.2) is 5.82 Å². The number of anilines is 2. The van der Waals surface area contributed by atoms with Gasteiger partial charge in [-0.15, -0.1) is 0 Å². The van der Waals surface area contributed by atoms with Crippen molar-refractivity contribution in [3.8, 4) is 11.6 Å². The van der Waals surface area contributed by atoms with Gasteiger partial charge in [0.05, 0.1) is 18.5 Å². The molecule has 9 heteroatoms. The highest BCUT2D eigenvalue weighted by molar-refractivity contribution is 9.10. The van der Waals surface area contributed by atoms with E-state index in [2.05, 4.69) is 65.7 Å². The van der Waals surface area contributed by atoms with Gasteiger partial charge >= 0.3 is 0 Å². The van der Waals surface area contributed by atoms with Crippen LogP contribution < -0.4 is 25.0 Å². The summed E-state index contributed by atoms with van der Waals surface area (Å²) in [6, 6.07) is 17.8. The van der Waals surface area contributed by atoms with Crippen LogP contribution in [0.1, 0.15) is 11.4 Å². The van der Waals surface area contributed by atoms with Crippen LogP contribution >= 0.6 is 28.1 Å². The van der Waals surface area contributed by atoms with E-state index >= 15 is 0 Å². The maximum atomic E-state index is 5.48. The number of piperazine rings is 1. The van der Waals surface area contributed by atoms with Crippen LogP contribution in [-0.4, -0.2) is 48.4 Å². The van der Waals surface area contributed by atoms with Gasteiger partial charge in [0.2, 0.25) is 0 Å². The summed E-state index contributed by atoms with van der Waals surface area (Å²) < 4.78 is 11.8. The Labute approximate surface area is 208 Å². The van der Waals surface area contributed by atoms with E-state index in [0.29, 0.717) is 17.4 Å². The Hall–Kier alpha value is -2.75. The molecule has 1 saturated heterocycles. The first-order valence-electron chi connectivity index (χ1n) is 10.6. The van der Waals surface area contributed by atoms with Crippen molar-refractivity contribution in [1.29, 1.82) is 0 Å². The third-order valence-electron chi connectivity index (χ3n) is 4.93. The summed E-state index contributed by atoms with van der Waals surface area (Å²) in [6.45, 7) is 8.13. The number of hydrogen-bond acceptors (Lipinski definition) is 7. The van der Waals surface area contributed by atoms with Gasteiger partial charge in [-0.2, -0.15) is 0 Å². The Balaban J connectivity index is 0.000000203. The van der Waals surface area contributed by atoms with Gasteiger partial charge in [-0.3, -0.25) is 5.32 Å². The number of para-hydroxylation sites is 1. The molecule has 0 bridgehead atoms. The van der Waals surface area contributed by atoms with Gasteiger partial charge in [0, 0.05) is 36.3 Å². The first-order chi connectivity index (χ1) is 16.0. The topological polar surface area (TPSA) is 71.5 Å². The van der Waals surface area contributed by atoms with E-state index in [9.17, 15) is 0 Å². The molecular weight excluding hydrogens is 502 g/mol. The number of hydrogen-bond donors (Lipinski definition) is 2. The number of thiocarbonyl (C=S) groups is 1. The summed E-state index contributed by atoms with van der Waals surface area (Å²) in [4.78, 5) is 11.1. The fraction of sp³-hybridized carbons (Fsp3) is 0.292. The number of nitrogens with zero attached hydrogens (tertiary/aromatic N) is 3. The van der Waals surface area contributed by atoms with Crippen molar-refractivity contribution in [2.45, 2.75) is 13.8 Å². The van der Waals surface area contributed by atoms with Crippen molar-refractivity contribution < 1.29 is 9.47 Å².